The molecule has 1 N–H and O–H groups in total. The van der Waals surface area contributed by atoms with Gasteiger partial charge in [-0.3, -0.25) is 19.3 Å². The quantitative estimate of drug-likeness (QED) is 0.390. The van der Waals surface area contributed by atoms with Crippen LogP contribution in [0.3, 0.4) is 0 Å². The number of carbonyl (C=O) groups is 3. The smallest absolute Gasteiger partial charge is 0.325 e. The Balaban J connectivity index is 1.55. The molecule has 0 radical (unpaired) electrons. The maximum Gasteiger partial charge on any atom is 0.416 e. The number of rotatable bonds is 5. The second-order valence-corrected chi connectivity index (χ2v) is 9.90. The number of hydrogen-bond acceptors (Lipinski definition) is 4. The van der Waals surface area contributed by atoms with Crippen LogP contribution in [0.15, 0.2) is 53.4 Å². The molecule has 0 aliphatic carbocycles. The maximum atomic E-state index is 13.2. The van der Waals surface area contributed by atoms with Crippen LogP contribution in [-0.2, 0) is 15.8 Å². The van der Waals surface area contributed by atoms with Crippen LogP contribution in [0.1, 0.15) is 33.6 Å². The van der Waals surface area contributed by atoms with Crippen molar-refractivity contribution in [3.8, 4) is 5.69 Å². The highest BCUT2D eigenvalue weighted by Gasteiger charge is 2.36. The molecule has 0 saturated carbocycles. The molecular formula is C27H24F3N3O3S. The van der Waals surface area contributed by atoms with Crippen LogP contribution in [0.2, 0.25) is 0 Å². The highest BCUT2D eigenvalue weighted by atomic mass is 32.2. The van der Waals surface area contributed by atoms with Gasteiger partial charge in [-0.25, -0.2) is 0 Å². The summed E-state index contributed by atoms with van der Waals surface area (Å²) in [5.41, 5.74) is 3.93. The number of imide groups is 1. The van der Waals surface area contributed by atoms with E-state index in [2.05, 4.69) is 5.32 Å². The number of anilines is 1. The summed E-state index contributed by atoms with van der Waals surface area (Å²) in [4.78, 5) is 39.0. The van der Waals surface area contributed by atoms with E-state index in [1.807, 2.05) is 19.9 Å². The molecule has 2 aromatic carbocycles. The summed E-state index contributed by atoms with van der Waals surface area (Å²) in [6, 6.07) is 12.2. The fourth-order valence-electron chi connectivity index (χ4n) is 4.32. The van der Waals surface area contributed by atoms with Crippen molar-refractivity contribution in [1.82, 2.24) is 9.47 Å². The first kappa shape index (κ1) is 26.3. The molecule has 2 heterocycles. The molecule has 1 aromatic heterocycles. The van der Waals surface area contributed by atoms with Gasteiger partial charge in [0.2, 0.25) is 5.91 Å². The Labute approximate surface area is 216 Å². The van der Waals surface area contributed by atoms with Crippen LogP contribution in [0.4, 0.5) is 23.7 Å². The second-order valence-electron chi connectivity index (χ2n) is 8.90. The molecule has 0 bridgehead atoms. The van der Waals surface area contributed by atoms with E-state index in [-0.39, 0.29) is 4.91 Å². The Kier molecular flexibility index (Phi) is 7.05. The van der Waals surface area contributed by atoms with E-state index in [4.69, 9.17) is 0 Å². The SMILES string of the molecule is Cc1cc(C)cc(NC(=O)CN2C(=O)S/C(=C\c3cc(C)n(-c4cccc(C(F)(F)F)c4)c3C)C2=O)c1. The summed E-state index contributed by atoms with van der Waals surface area (Å²) in [5.74, 6) is -1.11. The minimum atomic E-state index is -4.48. The van der Waals surface area contributed by atoms with Crippen LogP contribution in [-0.4, -0.2) is 33.1 Å². The van der Waals surface area contributed by atoms with Crippen molar-refractivity contribution < 1.29 is 27.6 Å². The molecular weight excluding hydrogens is 503 g/mol. The minimum Gasteiger partial charge on any atom is -0.325 e. The van der Waals surface area contributed by atoms with E-state index in [1.165, 1.54) is 12.1 Å². The van der Waals surface area contributed by atoms with Gasteiger partial charge < -0.3 is 9.88 Å². The van der Waals surface area contributed by atoms with Gasteiger partial charge in [-0.2, -0.15) is 13.2 Å². The molecule has 37 heavy (non-hydrogen) atoms. The van der Waals surface area contributed by atoms with Crippen LogP contribution < -0.4 is 5.32 Å². The summed E-state index contributed by atoms with van der Waals surface area (Å²) >= 11 is 0.716. The first-order chi connectivity index (χ1) is 17.3. The average molecular weight is 528 g/mol. The maximum absolute atomic E-state index is 13.2. The second kappa shape index (κ2) is 9.93. The molecule has 3 amide bonds. The van der Waals surface area contributed by atoms with E-state index >= 15 is 0 Å². The van der Waals surface area contributed by atoms with Crippen molar-refractivity contribution in [3.63, 3.8) is 0 Å². The number of carbonyl (C=O) groups excluding carboxylic acids is 3. The summed E-state index contributed by atoms with van der Waals surface area (Å²) in [6.45, 7) is 6.83. The molecule has 1 fully saturated rings. The van der Waals surface area contributed by atoms with Crippen LogP contribution in [0, 0.1) is 27.7 Å². The molecule has 1 aliphatic heterocycles. The number of nitrogens with one attached hydrogen (secondary N) is 1. The van der Waals surface area contributed by atoms with E-state index in [0.29, 0.717) is 40.1 Å². The molecule has 0 atom stereocenters. The van der Waals surface area contributed by atoms with Crippen molar-refractivity contribution in [2.45, 2.75) is 33.9 Å². The third kappa shape index (κ3) is 5.64. The lowest BCUT2D eigenvalue weighted by Gasteiger charge is -2.13. The zero-order chi connectivity index (χ0) is 27.1. The predicted octanol–water partition coefficient (Wildman–Crippen LogP) is 6.40. The number of halogens is 3. The zero-order valence-electron chi connectivity index (χ0n) is 20.6. The third-order valence-electron chi connectivity index (χ3n) is 5.87. The zero-order valence-corrected chi connectivity index (χ0v) is 21.4. The van der Waals surface area contributed by atoms with Crippen LogP contribution in [0.5, 0.6) is 0 Å². The van der Waals surface area contributed by atoms with Crippen molar-refractivity contribution >= 4 is 40.6 Å². The Morgan fingerprint density at radius 2 is 1.68 bits per heavy atom. The molecule has 3 aromatic rings. The van der Waals surface area contributed by atoms with E-state index in [1.54, 1.807) is 42.7 Å². The van der Waals surface area contributed by atoms with Crippen molar-refractivity contribution in [3.05, 3.63) is 87.1 Å². The van der Waals surface area contributed by atoms with E-state index in [9.17, 15) is 27.6 Å². The van der Waals surface area contributed by atoms with Crippen LogP contribution in [0.25, 0.3) is 11.8 Å². The number of alkyl halides is 3. The van der Waals surface area contributed by atoms with Crippen molar-refractivity contribution in [2.75, 3.05) is 11.9 Å². The highest BCUT2D eigenvalue weighted by Crippen LogP contribution is 2.35. The lowest BCUT2D eigenvalue weighted by molar-refractivity contribution is -0.137. The number of nitrogens with zero attached hydrogens (tertiary/aromatic N) is 2. The number of thioether (sulfide) groups is 1. The Morgan fingerprint density at radius 3 is 2.32 bits per heavy atom. The third-order valence-corrected chi connectivity index (χ3v) is 6.78. The fraction of sp³-hybridized carbons (Fsp3) is 0.222. The lowest BCUT2D eigenvalue weighted by atomic mass is 10.1. The monoisotopic (exact) mass is 527 g/mol. The number of aryl methyl sites for hydroxylation is 3. The standard InChI is InChI=1S/C27H24F3N3O3S/c1-15-8-16(2)10-21(9-15)31-24(34)14-32-25(35)23(37-26(32)36)12-19-11-17(3)33(18(19)4)22-7-5-6-20(13-22)27(28,29)30/h5-13H,14H2,1-4H3,(H,31,34)/b23-12-. The highest BCUT2D eigenvalue weighted by molar-refractivity contribution is 8.18. The van der Waals surface area contributed by atoms with Gasteiger partial charge in [0.05, 0.1) is 10.5 Å². The molecule has 1 aliphatic rings. The Hall–Kier alpha value is -3.79. The summed E-state index contributed by atoms with van der Waals surface area (Å²) in [5, 5.41) is 2.14. The topological polar surface area (TPSA) is 71.4 Å². The normalized spacial score (nSPS) is 15.1. The van der Waals surface area contributed by atoms with Gasteiger partial charge in [0, 0.05) is 22.8 Å². The van der Waals surface area contributed by atoms with Gasteiger partial charge in [0.25, 0.3) is 11.1 Å². The lowest BCUT2D eigenvalue weighted by Crippen LogP contribution is -2.36. The summed E-state index contributed by atoms with van der Waals surface area (Å²) in [6.07, 6.45) is -2.95. The number of benzene rings is 2. The largest absolute Gasteiger partial charge is 0.416 e. The Morgan fingerprint density at radius 1 is 1.00 bits per heavy atom. The first-order valence-electron chi connectivity index (χ1n) is 11.3. The van der Waals surface area contributed by atoms with E-state index < -0.39 is 35.3 Å². The number of hydrogen-bond donors (Lipinski definition) is 1. The van der Waals surface area contributed by atoms with Crippen LogP contribution >= 0.6 is 11.8 Å². The van der Waals surface area contributed by atoms with Gasteiger partial charge in [0.1, 0.15) is 6.54 Å². The predicted molar refractivity (Wildman–Crippen MR) is 137 cm³/mol. The molecule has 10 heteroatoms. The number of aromatic nitrogens is 1. The van der Waals surface area contributed by atoms with Crippen molar-refractivity contribution in [1.29, 1.82) is 0 Å². The van der Waals surface area contributed by atoms with Gasteiger partial charge in [-0.15, -0.1) is 0 Å². The van der Waals surface area contributed by atoms with Gasteiger partial charge >= 0.3 is 6.18 Å². The summed E-state index contributed by atoms with van der Waals surface area (Å²) in [7, 11) is 0. The molecule has 0 unspecified atom stereocenters. The van der Waals surface area contributed by atoms with Crippen molar-refractivity contribution in [2.24, 2.45) is 0 Å². The first-order valence-corrected chi connectivity index (χ1v) is 12.1. The number of amides is 3. The van der Waals surface area contributed by atoms with Gasteiger partial charge in [-0.05, 0) is 98.6 Å². The van der Waals surface area contributed by atoms with Gasteiger partial charge in [0.15, 0.2) is 0 Å². The molecule has 1 saturated heterocycles. The van der Waals surface area contributed by atoms with Gasteiger partial charge in [-0.1, -0.05) is 12.1 Å². The average Bonchev–Trinajstić information content (AvgIpc) is 3.21. The minimum absolute atomic E-state index is 0.133. The molecule has 4 rings (SSSR count). The summed E-state index contributed by atoms with van der Waals surface area (Å²) < 4.78 is 41.3. The Bertz CT molecular complexity index is 1440. The molecule has 6 nitrogen and oxygen atoms in total. The molecule has 192 valence electrons. The fourth-order valence-corrected chi connectivity index (χ4v) is 5.15. The molecule has 0 spiro atoms. The van der Waals surface area contributed by atoms with E-state index in [0.717, 1.165) is 28.2 Å².